The van der Waals surface area contributed by atoms with Crippen LogP contribution in [0.3, 0.4) is 0 Å². The molecule has 0 unspecified atom stereocenters. The van der Waals surface area contributed by atoms with Gasteiger partial charge in [-0.05, 0) is 30.1 Å². The molecule has 0 radical (unpaired) electrons. The highest BCUT2D eigenvalue weighted by Crippen LogP contribution is 2.34. The lowest BCUT2D eigenvalue weighted by atomic mass is 10.3. The molecule has 0 atom stereocenters. The van der Waals surface area contributed by atoms with Crippen molar-refractivity contribution < 1.29 is 4.39 Å². The summed E-state index contributed by atoms with van der Waals surface area (Å²) < 4.78 is 16.0. The van der Waals surface area contributed by atoms with E-state index in [1.165, 1.54) is 24.1 Å². The Hall–Kier alpha value is -0.680. The van der Waals surface area contributed by atoms with Gasteiger partial charge in [0.25, 0.3) is 0 Å². The van der Waals surface area contributed by atoms with Gasteiger partial charge in [0.05, 0.1) is 10.6 Å². The van der Waals surface area contributed by atoms with Crippen LogP contribution in [-0.2, 0) is 0 Å². The molecule has 1 aliphatic heterocycles. The zero-order chi connectivity index (χ0) is 10.8. The molecule has 1 aromatic rings. The number of benzene rings is 1. The van der Waals surface area contributed by atoms with Crippen LogP contribution in [0.15, 0.2) is 28.1 Å². The lowest BCUT2D eigenvalue weighted by molar-refractivity contribution is 0.624. The fourth-order valence-electron chi connectivity index (χ4n) is 1.17. The van der Waals surface area contributed by atoms with Crippen molar-refractivity contribution in [2.45, 2.75) is 24.0 Å². The van der Waals surface area contributed by atoms with Crippen LogP contribution in [-0.4, -0.2) is 10.4 Å². The van der Waals surface area contributed by atoms with Crippen molar-refractivity contribution >= 4 is 34.6 Å². The van der Waals surface area contributed by atoms with Gasteiger partial charge in [-0.1, -0.05) is 25.6 Å². The summed E-state index contributed by atoms with van der Waals surface area (Å²) in [5.41, 5.74) is 0.836. The van der Waals surface area contributed by atoms with E-state index in [9.17, 15) is 4.39 Å². The first-order valence-corrected chi connectivity index (χ1v) is 6.32. The van der Waals surface area contributed by atoms with Crippen LogP contribution in [0.4, 0.5) is 10.1 Å². The second kappa shape index (κ2) is 4.45. The van der Waals surface area contributed by atoms with E-state index in [1.807, 2.05) is 0 Å². The number of hydrogen-bond acceptors (Lipinski definition) is 4. The largest absolute Gasteiger partial charge is 0.305 e. The predicted octanol–water partition coefficient (Wildman–Crippen LogP) is 3.57. The number of halogens is 1. The summed E-state index contributed by atoms with van der Waals surface area (Å²) in [6.45, 7) is 4.22. The lowest BCUT2D eigenvalue weighted by Crippen LogP contribution is -2.16. The Morgan fingerprint density at radius 3 is 3.00 bits per heavy atom. The number of rotatable bonds is 1. The van der Waals surface area contributed by atoms with Gasteiger partial charge >= 0.3 is 0 Å². The normalized spacial score (nSPS) is 14.5. The Morgan fingerprint density at radius 1 is 1.47 bits per heavy atom. The Labute approximate surface area is 96.9 Å². The molecule has 80 valence electrons. The van der Waals surface area contributed by atoms with Crippen LogP contribution in [0.1, 0.15) is 13.8 Å². The van der Waals surface area contributed by atoms with E-state index >= 15 is 0 Å². The van der Waals surface area contributed by atoms with Crippen molar-refractivity contribution in [2.24, 2.45) is 4.99 Å². The number of fused-ring (bicyclic) bond motifs is 1. The fourth-order valence-corrected chi connectivity index (χ4v) is 2.71. The number of amidine groups is 1. The van der Waals surface area contributed by atoms with Gasteiger partial charge in [-0.3, -0.25) is 0 Å². The summed E-state index contributed by atoms with van der Waals surface area (Å²) >= 11 is 3.08. The number of nitrogens with zero attached hydrogens (tertiary/aromatic N) is 1. The van der Waals surface area contributed by atoms with Crippen molar-refractivity contribution in [3.63, 3.8) is 0 Å². The molecule has 0 saturated carbocycles. The van der Waals surface area contributed by atoms with E-state index in [0.29, 0.717) is 5.25 Å². The van der Waals surface area contributed by atoms with Crippen molar-refractivity contribution in [2.75, 3.05) is 0 Å². The van der Waals surface area contributed by atoms with E-state index in [0.717, 1.165) is 15.8 Å². The van der Waals surface area contributed by atoms with E-state index in [2.05, 4.69) is 23.6 Å². The van der Waals surface area contributed by atoms with Crippen LogP contribution in [0, 0.1) is 5.82 Å². The Morgan fingerprint density at radius 2 is 2.27 bits per heavy atom. The first-order valence-electron chi connectivity index (χ1n) is 4.63. The summed E-state index contributed by atoms with van der Waals surface area (Å²) in [6.07, 6.45) is 0. The molecule has 0 saturated heterocycles. The molecule has 1 N–H and O–H groups in total. The van der Waals surface area contributed by atoms with Gasteiger partial charge in [-0.15, -0.1) is 0 Å². The molecular formula is C10H11FN2S2. The summed E-state index contributed by atoms with van der Waals surface area (Å²) in [6, 6.07) is 4.64. The van der Waals surface area contributed by atoms with Crippen LogP contribution in [0.2, 0.25) is 0 Å². The molecule has 1 heterocycles. The average Bonchev–Trinajstić information content (AvgIpc) is 2.17. The van der Waals surface area contributed by atoms with Crippen molar-refractivity contribution in [1.82, 2.24) is 4.72 Å². The minimum absolute atomic E-state index is 0.224. The number of hydrogen-bond donors (Lipinski definition) is 1. The van der Waals surface area contributed by atoms with Gasteiger partial charge in [-0.25, -0.2) is 9.38 Å². The number of nitrogens with one attached hydrogen (secondary N) is 1. The van der Waals surface area contributed by atoms with Gasteiger partial charge in [0.2, 0.25) is 0 Å². The van der Waals surface area contributed by atoms with E-state index in [-0.39, 0.29) is 5.82 Å². The van der Waals surface area contributed by atoms with Gasteiger partial charge in [0.1, 0.15) is 5.82 Å². The molecule has 0 spiro atoms. The molecule has 2 rings (SSSR count). The Balaban J connectivity index is 2.25. The van der Waals surface area contributed by atoms with Gasteiger partial charge in [0.15, 0.2) is 5.17 Å². The molecular weight excluding hydrogens is 231 g/mol. The molecule has 0 fully saturated rings. The molecule has 5 heteroatoms. The monoisotopic (exact) mass is 242 g/mol. The molecule has 1 aliphatic rings. The van der Waals surface area contributed by atoms with E-state index < -0.39 is 0 Å². The van der Waals surface area contributed by atoms with Crippen molar-refractivity contribution in [3.05, 3.63) is 24.0 Å². The smallest absolute Gasteiger partial charge is 0.172 e. The Bertz CT molecular complexity index is 404. The second-order valence-corrected chi connectivity index (χ2v) is 5.81. The fraction of sp³-hybridized carbons (Fsp3) is 0.300. The second-order valence-electron chi connectivity index (χ2n) is 3.40. The van der Waals surface area contributed by atoms with Gasteiger partial charge in [-0.2, -0.15) is 0 Å². The maximum atomic E-state index is 12.9. The van der Waals surface area contributed by atoms with E-state index in [1.54, 1.807) is 17.8 Å². The first kappa shape index (κ1) is 10.8. The summed E-state index contributed by atoms with van der Waals surface area (Å²) in [5, 5.41) is 1.37. The molecule has 0 aromatic heterocycles. The minimum atomic E-state index is -0.224. The van der Waals surface area contributed by atoms with Crippen LogP contribution in [0.5, 0.6) is 0 Å². The Kier molecular flexibility index (Phi) is 3.21. The minimum Gasteiger partial charge on any atom is -0.305 e. The van der Waals surface area contributed by atoms with Crippen molar-refractivity contribution in [1.29, 1.82) is 0 Å². The summed E-state index contributed by atoms with van der Waals surface area (Å²) in [4.78, 5) is 5.24. The molecule has 1 aromatic carbocycles. The molecule has 2 nitrogen and oxygen atoms in total. The highest BCUT2D eigenvalue weighted by Gasteiger charge is 2.14. The van der Waals surface area contributed by atoms with Crippen molar-refractivity contribution in [3.8, 4) is 0 Å². The first-order chi connectivity index (χ1) is 7.15. The maximum Gasteiger partial charge on any atom is 0.172 e. The third-order valence-electron chi connectivity index (χ3n) is 1.74. The maximum absolute atomic E-state index is 12.9. The molecule has 0 aliphatic carbocycles. The number of aliphatic imine (C=N–C) groups is 1. The zero-order valence-electron chi connectivity index (χ0n) is 8.45. The highest BCUT2D eigenvalue weighted by molar-refractivity contribution is 8.16. The zero-order valence-corrected chi connectivity index (χ0v) is 10.1. The van der Waals surface area contributed by atoms with Crippen LogP contribution >= 0.6 is 23.7 Å². The predicted molar refractivity (Wildman–Crippen MR) is 65.2 cm³/mol. The molecule has 15 heavy (non-hydrogen) atoms. The van der Waals surface area contributed by atoms with Crippen LogP contribution in [0.25, 0.3) is 0 Å². The van der Waals surface area contributed by atoms with Gasteiger partial charge in [0, 0.05) is 5.25 Å². The quantitative estimate of drug-likeness (QED) is 0.762. The highest BCUT2D eigenvalue weighted by atomic mass is 32.2. The average molecular weight is 242 g/mol. The topological polar surface area (TPSA) is 24.4 Å². The molecule has 0 amide bonds. The third kappa shape index (κ3) is 2.66. The summed E-state index contributed by atoms with van der Waals surface area (Å²) in [5.74, 6) is -0.224. The SMILES string of the molecule is CC(C)SC1=Nc2ccc(F)cc2SN1. The number of thioether (sulfide) groups is 1. The van der Waals surface area contributed by atoms with Crippen LogP contribution < -0.4 is 4.72 Å². The molecule has 0 bridgehead atoms. The van der Waals surface area contributed by atoms with E-state index in [4.69, 9.17) is 0 Å². The standard InChI is InChI=1S/C10H11FN2S2/c1-6(2)14-10-12-8-4-3-7(11)5-9(8)15-13-10/h3-6H,1-2H3,(H,12,13). The lowest BCUT2D eigenvalue weighted by Gasteiger charge is -2.16. The van der Waals surface area contributed by atoms with Gasteiger partial charge < -0.3 is 4.72 Å². The third-order valence-corrected chi connectivity index (χ3v) is 3.60. The summed E-state index contributed by atoms with van der Waals surface area (Å²) in [7, 11) is 0.